The van der Waals surface area contributed by atoms with E-state index in [0.29, 0.717) is 16.4 Å². The Labute approximate surface area is 135 Å². The average molecular weight is 345 g/mol. The van der Waals surface area contributed by atoms with Crippen LogP contribution in [0.4, 0.5) is 0 Å². The number of hydrogen-bond donors (Lipinski definition) is 2. The molecule has 0 aromatic heterocycles. The minimum atomic E-state index is -3.34. The maximum Gasteiger partial charge on any atom is 0.216 e. The van der Waals surface area contributed by atoms with E-state index >= 15 is 0 Å². The van der Waals surface area contributed by atoms with Crippen LogP contribution in [0.2, 0.25) is 0 Å². The van der Waals surface area contributed by atoms with Crippen LogP contribution in [-0.4, -0.2) is 31.0 Å². The maximum absolute atomic E-state index is 12.3. The molecule has 0 heterocycles. The zero-order chi connectivity index (χ0) is 15.5. The molecule has 2 unspecified atom stereocenters. The Balaban J connectivity index is 2.01. The van der Waals surface area contributed by atoms with Gasteiger partial charge in [0.1, 0.15) is 4.99 Å². The van der Waals surface area contributed by atoms with E-state index in [2.05, 4.69) is 11.0 Å². The molecular weight excluding hydrogens is 324 g/mol. The molecule has 0 bridgehead atoms. The molecule has 1 aromatic carbocycles. The van der Waals surface area contributed by atoms with Crippen LogP contribution in [-0.2, 0) is 15.8 Å². The van der Waals surface area contributed by atoms with E-state index in [1.165, 1.54) is 0 Å². The predicted molar refractivity (Wildman–Crippen MR) is 93.0 cm³/mol. The highest BCUT2D eigenvalue weighted by atomic mass is 32.2. The van der Waals surface area contributed by atoms with Gasteiger partial charge in [-0.25, -0.2) is 13.1 Å². The molecule has 0 saturated heterocycles. The van der Waals surface area contributed by atoms with E-state index in [4.69, 9.17) is 18.0 Å². The number of sulfonamides is 1. The molecule has 2 rings (SSSR count). The van der Waals surface area contributed by atoms with Crippen molar-refractivity contribution in [2.24, 2.45) is 5.73 Å². The molecule has 2 atom stereocenters. The molecule has 0 aliphatic heterocycles. The first-order chi connectivity index (χ1) is 9.89. The van der Waals surface area contributed by atoms with Crippen molar-refractivity contribution in [3.05, 3.63) is 35.4 Å². The van der Waals surface area contributed by atoms with Crippen molar-refractivity contribution < 1.29 is 8.42 Å². The molecule has 3 N–H and O–H groups in total. The molecule has 1 fully saturated rings. The fourth-order valence-corrected chi connectivity index (χ4v) is 4.94. The van der Waals surface area contributed by atoms with Gasteiger partial charge in [0.25, 0.3) is 0 Å². The molecule has 0 radical (unpaired) electrons. The zero-order valence-corrected chi connectivity index (χ0v) is 14.4. The fourth-order valence-electron chi connectivity index (χ4n) is 2.59. The predicted octanol–water partition coefficient (Wildman–Crippen LogP) is 2.02. The molecule has 7 heteroatoms. The second-order valence-electron chi connectivity index (χ2n) is 5.31. The highest BCUT2D eigenvalue weighted by molar-refractivity contribution is 7.99. The van der Waals surface area contributed by atoms with Gasteiger partial charge in [-0.1, -0.05) is 30.4 Å². The Kier molecular flexibility index (Phi) is 5.65. The molecule has 0 amide bonds. The Morgan fingerprint density at radius 1 is 1.48 bits per heavy atom. The molecule has 4 nitrogen and oxygen atoms in total. The number of thioether (sulfide) groups is 1. The molecule has 0 spiro atoms. The first kappa shape index (κ1) is 16.7. The van der Waals surface area contributed by atoms with Crippen molar-refractivity contribution in [2.75, 3.05) is 6.26 Å². The Bertz CT molecular complexity index is 616. The Morgan fingerprint density at radius 2 is 2.24 bits per heavy atom. The average Bonchev–Trinajstić information content (AvgIpc) is 2.85. The third kappa shape index (κ3) is 4.95. The first-order valence-electron chi connectivity index (χ1n) is 6.81. The lowest BCUT2D eigenvalue weighted by atomic mass is 10.1. The summed E-state index contributed by atoms with van der Waals surface area (Å²) in [6, 6.07) is 7.14. The SMILES string of the molecule is CSC1CCC(NS(=O)(=O)Cc2cccc(C(N)=S)c2)C1. The lowest BCUT2D eigenvalue weighted by molar-refractivity contribution is 0.552. The van der Waals surface area contributed by atoms with E-state index in [-0.39, 0.29) is 16.8 Å². The zero-order valence-electron chi connectivity index (χ0n) is 11.9. The Morgan fingerprint density at radius 3 is 2.86 bits per heavy atom. The van der Waals surface area contributed by atoms with Crippen LogP contribution < -0.4 is 10.5 Å². The molecule has 116 valence electrons. The fraction of sp³-hybridized carbons (Fsp3) is 0.500. The van der Waals surface area contributed by atoms with Crippen molar-refractivity contribution in [2.45, 2.75) is 36.3 Å². The lowest BCUT2D eigenvalue weighted by Gasteiger charge is -2.13. The molecule has 1 aliphatic carbocycles. The summed E-state index contributed by atoms with van der Waals surface area (Å²) < 4.78 is 27.3. The van der Waals surface area contributed by atoms with Gasteiger partial charge in [0.05, 0.1) is 5.75 Å². The summed E-state index contributed by atoms with van der Waals surface area (Å²) in [4.78, 5) is 0.279. The van der Waals surface area contributed by atoms with Gasteiger partial charge in [0.2, 0.25) is 10.0 Å². The van der Waals surface area contributed by atoms with E-state index in [1.54, 1.807) is 24.3 Å². The number of nitrogens with one attached hydrogen (secondary N) is 1. The summed E-state index contributed by atoms with van der Waals surface area (Å²) in [5, 5.41) is 0.565. The molecule has 1 aromatic rings. The highest BCUT2D eigenvalue weighted by Gasteiger charge is 2.27. The summed E-state index contributed by atoms with van der Waals surface area (Å²) in [6.07, 6.45) is 4.97. The van der Waals surface area contributed by atoms with E-state index in [0.717, 1.165) is 19.3 Å². The number of thiocarbonyl (C=S) groups is 1. The summed E-state index contributed by atoms with van der Waals surface area (Å²) >= 11 is 6.72. The smallest absolute Gasteiger partial charge is 0.216 e. The first-order valence-corrected chi connectivity index (χ1v) is 10.2. The van der Waals surface area contributed by atoms with Gasteiger partial charge in [-0.2, -0.15) is 11.8 Å². The monoisotopic (exact) mass is 344 g/mol. The van der Waals surface area contributed by atoms with Crippen molar-refractivity contribution in [1.29, 1.82) is 0 Å². The van der Waals surface area contributed by atoms with Gasteiger partial charge in [-0.3, -0.25) is 0 Å². The lowest BCUT2D eigenvalue weighted by Crippen LogP contribution is -2.34. The third-order valence-electron chi connectivity index (χ3n) is 3.63. The number of hydrogen-bond acceptors (Lipinski definition) is 4. The van der Waals surface area contributed by atoms with Crippen LogP contribution in [0.1, 0.15) is 30.4 Å². The second-order valence-corrected chi connectivity index (χ2v) is 8.64. The number of rotatable bonds is 6. The van der Waals surface area contributed by atoms with Crippen molar-refractivity contribution in [1.82, 2.24) is 4.72 Å². The van der Waals surface area contributed by atoms with Crippen molar-refractivity contribution >= 4 is 39.0 Å². The summed E-state index contributed by atoms with van der Waals surface area (Å²) in [6.45, 7) is 0. The van der Waals surface area contributed by atoms with Crippen LogP contribution in [0, 0.1) is 0 Å². The standard InChI is InChI=1S/C14H20N2O2S3/c1-20-13-6-5-12(8-13)16-21(17,18)9-10-3-2-4-11(7-10)14(15)19/h2-4,7,12-13,16H,5-6,8-9H2,1H3,(H2,15,19). The van der Waals surface area contributed by atoms with Crippen LogP contribution in [0.15, 0.2) is 24.3 Å². The van der Waals surface area contributed by atoms with Gasteiger partial charge in [-0.05, 0) is 37.1 Å². The van der Waals surface area contributed by atoms with Gasteiger partial charge in [-0.15, -0.1) is 0 Å². The minimum absolute atomic E-state index is 0.0378. The van der Waals surface area contributed by atoms with Crippen LogP contribution >= 0.6 is 24.0 Å². The topological polar surface area (TPSA) is 72.2 Å². The van der Waals surface area contributed by atoms with Crippen LogP contribution in [0.3, 0.4) is 0 Å². The van der Waals surface area contributed by atoms with Crippen LogP contribution in [0.25, 0.3) is 0 Å². The third-order valence-corrected chi connectivity index (χ3v) is 6.37. The molecular formula is C14H20N2O2S3. The van der Waals surface area contributed by atoms with Gasteiger partial charge >= 0.3 is 0 Å². The van der Waals surface area contributed by atoms with Crippen molar-refractivity contribution in [3.8, 4) is 0 Å². The van der Waals surface area contributed by atoms with Gasteiger partial charge in [0, 0.05) is 16.9 Å². The van der Waals surface area contributed by atoms with Gasteiger partial charge in [0.15, 0.2) is 0 Å². The van der Waals surface area contributed by atoms with Crippen LogP contribution in [0.5, 0.6) is 0 Å². The Hall–Kier alpha value is -0.630. The van der Waals surface area contributed by atoms with E-state index in [9.17, 15) is 8.42 Å². The normalized spacial score (nSPS) is 22.3. The van der Waals surface area contributed by atoms with Crippen molar-refractivity contribution in [3.63, 3.8) is 0 Å². The quantitative estimate of drug-likeness (QED) is 0.773. The van der Waals surface area contributed by atoms with E-state index in [1.807, 2.05) is 11.8 Å². The summed E-state index contributed by atoms with van der Waals surface area (Å²) in [5.41, 5.74) is 6.97. The molecule has 1 saturated carbocycles. The minimum Gasteiger partial charge on any atom is -0.389 e. The molecule has 1 aliphatic rings. The maximum atomic E-state index is 12.3. The largest absolute Gasteiger partial charge is 0.389 e. The molecule has 21 heavy (non-hydrogen) atoms. The second kappa shape index (κ2) is 7.09. The van der Waals surface area contributed by atoms with E-state index < -0.39 is 10.0 Å². The summed E-state index contributed by atoms with van der Waals surface area (Å²) in [7, 11) is -3.34. The number of benzene rings is 1. The van der Waals surface area contributed by atoms with Gasteiger partial charge < -0.3 is 5.73 Å². The highest BCUT2D eigenvalue weighted by Crippen LogP contribution is 2.28. The summed E-state index contributed by atoms with van der Waals surface area (Å²) in [5.74, 6) is -0.0378. The number of nitrogens with two attached hydrogens (primary N) is 1.